The highest BCUT2D eigenvalue weighted by Crippen LogP contribution is 2.48. The summed E-state index contributed by atoms with van der Waals surface area (Å²) in [5, 5.41) is 0. The molecule has 1 saturated heterocycles. The van der Waals surface area contributed by atoms with Gasteiger partial charge in [-0.1, -0.05) is 42.5 Å². The van der Waals surface area contributed by atoms with E-state index in [2.05, 4.69) is 0 Å². The van der Waals surface area contributed by atoms with E-state index in [1.807, 2.05) is 41.3 Å². The molecule has 0 unspecified atom stereocenters. The zero-order valence-corrected chi connectivity index (χ0v) is 15.6. The second-order valence-electron chi connectivity index (χ2n) is 7.39. The minimum Gasteiger partial charge on any atom is -0.339 e. The number of hydrogen-bond acceptors (Lipinski definition) is 2. The van der Waals surface area contributed by atoms with Crippen molar-refractivity contribution >= 4 is 17.9 Å². The summed E-state index contributed by atoms with van der Waals surface area (Å²) in [6, 6.07) is 16.1. The number of benzene rings is 2. The number of carbonyl (C=O) groups is 2. The van der Waals surface area contributed by atoms with Crippen molar-refractivity contribution < 1.29 is 14.0 Å². The van der Waals surface area contributed by atoms with Crippen molar-refractivity contribution in [3.63, 3.8) is 0 Å². The Balaban J connectivity index is 1.27. The van der Waals surface area contributed by atoms with Crippen LogP contribution in [0.3, 0.4) is 0 Å². The van der Waals surface area contributed by atoms with E-state index in [1.54, 1.807) is 23.1 Å². The van der Waals surface area contributed by atoms with E-state index < -0.39 is 0 Å². The van der Waals surface area contributed by atoms with E-state index in [0.717, 1.165) is 17.5 Å². The van der Waals surface area contributed by atoms with Crippen LogP contribution in [0.25, 0.3) is 6.08 Å². The van der Waals surface area contributed by atoms with E-state index in [0.29, 0.717) is 26.2 Å². The molecule has 4 nitrogen and oxygen atoms in total. The Morgan fingerprint density at radius 3 is 2.21 bits per heavy atom. The summed E-state index contributed by atoms with van der Waals surface area (Å²) in [6.07, 6.45) is 4.24. The summed E-state index contributed by atoms with van der Waals surface area (Å²) < 4.78 is 13.1. The quantitative estimate of drug-likeness (QED) is 0.766. The van der Waals surface area contributed by atoms with Crippen molar-refractivity contribution in [1.82, 2.24) is 9.80 Å². The standard InChI is InChI=1S/C23H23FN2O2/c24-19-9-7-18(8-10-19)20-16-21(20)23(28)26-14-12-25(13-15-26)22(27)11-6-17-4-2-1-3-5-17/h1-11,20-21H,12-16H2/b11-6+/t20-,21+/m0/s1. The van der Waals surface area contributed by atoms with Gasteiger partial charge in [0.25, 0.3) is 0 Å². The smallest absolute Gasteiger partial charge is 0.246 e. The summed E-state index contributed by atoms with van der Waals surface area (Å²) in [6.45, 7) is 2.24. The van der Waals surface area contributed by atoms with Crippen molar-refractivity contribution in [3.05, 3.63) is 77.6 Å². The highest BCUT2D eigenvalue weighted by atomic mass is 19.1. The van der Waals surface area contributed by atoms with Gasteiger partial charge in [0.05, 0.1) is 0 Å². The molecule has 2 aliphatic rings. The molecule has 2 fully saturated rings. The van der Waals surface area contributed by atoms with Crippen LogP contribution < -0.4 is 0 Å². The van der Waals surface area contributed by atoms with Crippen molar-refractivity contribution in [2.24, 2.45) is 5.92 Å². The van der Waals surface area contributed by atoms with Gasteiger partial charge >= 0.3 is 0 Å². The fourth-order valence-electron chi connectivity index (χ4n) is 3.77. The first-order chi connectivity index (χ1) is 13.6. The first-order valence-corrected chi connectivity index (χ1v) is 9.68. The molecule has 2 amide bonds. The number of hydrogen-bond donors (Lipinski definition) is 0. The minimum absolute atomic E-state index is 0.00862. The predicted molar refractivity (Wildman–Crippen MR) is 106 cm³/mol. The third kappa shape index (κ3) is 4.14. The average Bonchev–Trinajstić information content (AvgIpc) is 3.54. The van der Waals surface area contributed by atoms with E-state index in [9.17, 15) is 14.0 Å². The van der Waals surface area contributed by atoms with Gasteiger partial charge in [0.1, 0.15) is 5.82 Å². The van der Waals surface area contributed by atoms with Crippen LogP contribution in [0, 0.1) is 11.7 Å². The Hall–Kier alpha value is -2.95. The van der Waals surface area contributed by atoms with E-state index in [-0.39, 0.29) is 29.5 Å². The Morgan fingerprint density at radius 2 is 1.54 bits per heavy atom. The molecule has 28 heavy (non-hydrogen) atoms. The summed E-state index contributed by atoms with van der Waals surface area (Å²) in [4.78, 5) is 28.7. The molecule has 1 heterocycles. The number of amides is 2. The minimum atomic E-state index is -0.255. The Labute approximate surface area is 164 Å². The molecule has 1 aliphatic heterocycles. The van der Waals surface area contributed by atoms with E-state index in [4.69, 9.17) is 0 Å². The molecule has 0 bridgehead atoms. The third-order valence-corrected chi connectivity index (χ3v) is 5.53. The summed E-state index contributed by atoms with van der Waals surface area (Å²) in [5.41, 5.74) is 2.02. The second kappa shape index (κ2) is 7.97. The van der Waals surface area contributed by atoms with Gasteiger partial charge in [-0.25, -0.2) is 4.39 Å². The molecule has 2 aromatic rings. The third-order valence-electron chi connectivity index (χ3n) is 5.53. The lowest BCUT2D eigenvalue weighted by atomic mass is 10.1. The molecule has 0 N–H and O–H groups in total. The summed E-state index contributed by atoms with van der Waals surface area (Å²) in [7, 11) is 0. The van der Waals surface area contributed by atoms with Crippen LogP contribution >= 0.6 is 0 Å². The SMILES string of the molecule is O=C(/C=C/c1ccccc1)N1CCN(C(=O)[C@@H]2C[C@H]2c2ccc(F)cc2)CC1. The monoisotopic (exact) mass is 378 g/mol. The molecular formula is C23H23FN2O2. The molecule has 0 radical (unpaired) electrons. The molecule has 2 atom stereocenters. The number of carbonyl (C=O) groups excluding carboxylic acids is 2. The molecule has 0 spiro atoms. The normalized spacial score (nSPS) is 21.8. The van der Waals surface area contributed by atoms with Crippen molar-refractivity contribution in [2.75, 3.05) is 26.2 Å². The second-order valence-corrected chi connectivity index (χ2v) is 7.39. The Bertz CT molecular complexity index is 871. The van der Waals surface area contributed by atoms with Gasteiger partial charge in [-0.2, -0.15) is 0 Å². The fraction of sp³-hybridized carbons (Fsp3) is 0.304. The maximum absolute atomic E-state index is 13.1. The van der Waals surface area contributed by atoms with Crippen molar-refractivity contribution in [3.8, 4) is 0 Å². The van der Waals surface area contributed by atoms with Crippen molar-refractivity contribution in [1.29, 1.82) is 0 Å². The maximum atomic E-state index is 13.1. The van der Waals surface area contributed by atoms with Gasteiger partial charge in [0.2, 0.25) is 11.8 Å². The van der Waals surface area contributed by atoms with Crippen LogP contribution in [0.15, 0.2) is 60.7 Å². The fourth-order valence-corrected chi connectivity index (χ4v) is 3.77. The number of nitrogens with zero attached hydrogens (tertiary/aromatic N) is 2. The van der Waals surface area contributed by atoms with E-state index in [1.165, 1.54) is 12.1 Å². The zero-order chi connectivity index (χ0) is 19.5. The van der Waals surface area contributed by atoms with Crippen LogP contribution in [-0.4, -0.2) is 47.8 Å². The number of halogens is 1. The molecular weight excluding hydrogens is 355 g/mol. The molecule has 0 aromatic heterocycles. The van der Waals surface area contributed by atoms with Gasteiger partial charge < -0.3 is 9.80 Å². The van der Waals surface area contributed by atoms with Gasteiger partial charge in [-0.05, 0) is 41.7 Å². The average molecular weight is 378 g/mol. The Kier molecular flexibility index (Phi) is 5.24. The van der Waals surface area contributed by atoms with E-state index >= 15 is 0 Å². The molecule has 4 rings (SSSR count). The van der Waals surface area contributed by atoms with Crippen LogP contribution in [-0.2, 0) is 9.59 Å². The van der Waals surface area contributed by atoms with Gasteiger partial charge in [0.15, 0.2) is 0 Å². The number of rotatable bonds is 4. The highest BCUT2D eigenvalue weighted by molar-refractivity contribution is 5.92. The van der Waals surface area contributed by atoms with Crippen LogP contribution in [0.2, 0.25) is 0 Å². The molecule has 1 aliphatic carbocycles. The van der Waals surface area contributed by atoms with Crippen LogP contribution in [0.4, 0.5) is 4.39 Å². The maximum Gasteiger partial charge on any atom is 0.246 e. The number of piperazine rings is 1. The first kappa shape index (κ1) is 18.4. The largest absolute Gasteiger partial charge is 0.339 e. The van der Waals surface area contributed by atoms with Crippen molar-refractivity contribution in [2.45, 2.75) is 12.3 Å². The zero-order valence-electron chi connectivity index (χ0n) is 15.6. The lowest BCUT2D eigenvalue weighted by Crippen LogP contribution is -2.50. The summed E-state index contributed by atoms with van der Waals surface area (Å²) in [5.74, 6) is 0.0643. The Morgan fingerprint density at radius 1 is 0.893 bits per heavy atom. The molecule has 1 saturated carbocycles. The van der Waals surface area contributed by atoms with Gasteiger partial charge in [0, 0.05) is 38.2 Å². The first-order valence-electron chi connectivity index (χ1n) is 9.68. The lowest BCUT2D eigenvalue weighted by molar-refractivity contribution is -0.138. The summed E-state index contributed by atoms with van der Waals surface area (Å²) >= 11 is 0. The van der Waals surface area contributed by atoms with Crippen LogP contribution in [0.1, 0.15) is 23.5 Å². The topological polar surface area (TPSA) is 40.6 Å². The highest BCUT2D eigenvalue weighted by Gasteiger charge is 2.46. The molecule has 5 heteroatoms. The van der Waals surface area contributed by atoms with Gasteiger partial charge in [-0.3, -0.25) is 9.59 Å². The van der Waals surface area contributed by atoms with Gasteiger partial charge in [-0.15, -0.1) is 0 Å². The molecule has 2 aromatic carbocycles. The lowest BCUT2D eigenvalue weighted by Gasteiger charge is -2.34. The molecule has 144 valence electrons. The predicted octanol–water partition coefficient (Wildman–Crippen LogP) is 3.31. The van der Waals surface area contributed by atoms with Crippen LogP contribution in [0.5, 0.6) is 0 Å².